The molecule has 3 aromatic rings. The second-order valence-electron chi connectivity index (χ2n) is 9.07. The van der Waals surface area contributed by atoms with Crippen molar-refractivity contribution in [3.05, 3.63) is 95.2 Å². The molecular weight excluding hydrogens is 476 g/mol. The van der Waals surface area contributed by atoms with Crippen molar-refractivity contribution >= 4 is 17.9 Å². The molecule has 0 unspecified atom stereocenters. The maximum Gasteiger partial charge on any atom is 0.271 e. The Bertz CT molecular complexity index is 1490. The third-order valence-electron chi connectivity index (χ3n) is 6.42. The molecule has 0 saturated heterocycles. The van der Waals surface area contributed by atoms with E-state index in [2.05, 4.69) is 13.5 Å². The Balaban J connectivity index is 1.87. The molecule has 0 radical (unpaired) electrons. The van der Waals surface area contributed by atoms with Crippen molar-refractivity contribution < 1.29 is 14.3 Å². The highest BCUT2D eigenvalue weighted by Crippen LogP contribution is 2.33. The van der Waals surface area contributed by atoms with Gasteiger partial charge in [-0.15, -0.1) is 6.58 Å². The van der Waals surface area contributed by atoms with Crippen molar-refractivity contribution in [3.63, 3.8) is 0 Å². The summed E-state index contributed by atoms with van der Waals surface area (Å²) in [5, 5.41) is 14.5. The third-order valence-corrected chi connectivity index (χ3v) is 6.42. The van der Waals surface area contributed by atoms with Crippen LogP contribution in [-0.4, -0.2) is 39.6 Å². The Hall–Kier alpha value is -4.70. The van der Waals surface area contributed by atoms with Crippen molar-refractivity contribution in [2.75, 3.05) is 13.2 Å². The molecule has 1 aliphatic rings. The predicted molar refractivity (Wildman–Crippen MR) is 147 cm³/mol. The van der Waals surface area contributed by atoms with Gasteiger partial charge in [0.25, 0.3) is 11.8 Å². The van der Waals surface area contributed by atoms with Crippen LogP contribution in [0.1, 0.15) is 37.8 Å². The predicted octanol–water partition coefficient (Wildman–Crippen LogP) is 5.80. The van der Waals surface area contributed by atoms with Crippen LogP contribution in [-0.2, 0) is 9.59 Å². The van der Waals surface area contributed by atoms with Gasteiger partial charge in [-0.2, -0.15) is 10.4 Å². The number of carbonyl (C=O) groups is 2. The molecule has 192 valence electrons. The van der Waals surface area contributed by atoms with Crippen molar-refractivity contribution in [3.8, 4) is 28.8 Å². The number of carbonyl (C=O) groups excluding carboxylic acids is 2. The zero-order chi connectivity index (χ0) is 27.2. The van der Waals surface area contributed by atoms with E-state index in [-0.39, 0.29) is 17.7 Å². The fourth-order valence-electron chi connectivity index (χ4n) is 4.32. The number of imide groups is 1. The Morgan fingerprint density at radius 3 is 2.53 bits per heavy atom. The summed E-state index contributed by atoms with van der Waals surface area (Å²) in [5.74, 6) is -0.288. The summed E-state index contributed by atoms with van der Waals surface area (Å²) in [4.78, 5) is 27.1. The van der Waals surface area contributed by atoms with Gasteiger partial charge in [-0.25, -0.2) is 4.68 Å². The standard InChI is InChI=1S/C31H30N4O3/c1-5-7-16-38-25-13-14-26(21(3)17-25)29-23(20-35(33-29)24-11-9-8-10-12-24)18-27-22(4)28(19-32)31(37)34(15-6-2)30(27)36/h6,8-14,17-18,20H,2,5,7,15-16H2,1,3-4H3/b27-18+. The van der Waals surface area contributed by atoms with Gasteiger partial charge in [0.2, 0.25) is 0 Å². The number of para-hydroxylation sites is 1. The number of nitriles is 1. The molecule has 1 aromatic heterocycles. The Labute approximate surface area is 223 Å². The lowest BCUT2D eigenvalue weighted by atomic mass is 9.93. The van der Waals surface area contributed by atoms with Crippen LogP contribution in [0.5, 0.6) is 5.75 Å². The zero-order valence-corrected chi connectivity index (χ0v) is 21.9. The first-order valence-electron chi connectivity index (χ1n) is 12.6. The molecule has 2 amide bonds. The Morgan fingerprint density at radius 1 is 1.11 bits per heavy atom. The second-order valence-corrected chi connectivity index (χ2v) is 9.07. The SMILES string of the molecule is C=CCN1C(=O)C(C#N)=C(C)/C(=C\c2cn(-c3ccccc3)nc2-c2ccc(OCCCC)cc2C)C1=O. The largest absolute Gasteiger partial charge is 0.494 e. The lowest BCUT2D eigenvalue weighted by Crippen LogP contribution is -2.42. The van der Waals surface area contributed by atoms with Crippen LogP contribution in [0.2, 0.25) is 0 Å². The maximum atomic E-state index is 13.4. The average molecular weight is 507 g/mol. The summed E-state index contributed by atoms with van der Waals surface area (Å²) < 4.78 is 7.64. The molecular formula is C31H30N4O3. The van der Waals surface area contributed by atoms with Gasteiger partial charge in [0.1, 0.15) is 23.1 Å². The van der Waals surface area contributed by atoms with Crippen molar-refractivity contribution in [1.29, 1.82) is 5.26 Å². The average Bonchev–Trinajstić information content (AvgIpc) is 3.34. The molecule has 0 N–H and O–H groups in total. The van der Waals surface area contributed by atoms with Crippen LogP contribution in [0.3, 0.4) is 0 Å². The normalized spacial score (nSPS) is 14.7. The maximum absolute atomic E-state index is 13.4. The van der Waals surface area contributed by atoms with Gasteiger partial charge in [0.05, 0.1) is 12.3 Å². The van der Waals surface area contributed by atoms with Crippen LogP contribution >= 0.6 is 0 Å². The summed E-state index contributed by atoms with van der Waals surface area (Å²) in [5.41, 5.74) is 4.64. The number of rotatable bonds is 9. The van der Waals surface area contributed by atoms with Crippen LogP contribution in [0.4, 0.5) is 0 Å². The van der Waals surface area contributed by atoms with Gasteiger partial charge in [0, 0.05) is 29.4 Å². The van der Waals surface area contributed by atoms with Gasteiger partial charge in [-0.3, -0.25) is 14.5 Å². The number of benzene rings is 2. The molecule has 2 aromatic carbocycles. The van der Waals surface area contributed by atoms with Crippen molar-refractivity contribution in [2.45, 2.75) is 33.6 Å². The van der Waals surface area contributed by atoms with E-state index < -0.39 is 11.8 Å². The third kappa shape index (κ3) is 5.21. The molecule has 7 nitrogen and oxygen atoms in total. The van der Waals surface area contributed by atoms with Crippen LogP contribution in [0.25, 0.3) is 23.0 Å². The minimum Gasteiger partial charge on any atom is -0.494 e. The number of hydrogen-bond donors (Lipinski definition) is 0. The quantitative estimate of drug-likeness (QED) is 0.158. The molecule has 0 bridgehead atoms. The minimum absolute atomic E-state index is 0.0161. The van der Waals surface area contributed by atoms with E-state index in [9.17, 15) is 14.9 Å². The van der Waals surface area contributed by atoms with Gasteiger partial charge in [-0.05, 0) is 67.8 Å². The van der Waals surface area contributed by atoms with Crippen molar-refractivity contribution in [2.24, 2.45) is 0 Å². The van der Waals surface area contributed by atoms with Crippen LogP contribution in [0.15, 0.2) is 84.1 Å². The fraction of sp³-hybridized carbons (Fsp3) is 0.226. The van der Waals surface area contributed by atoms with Crippen molar-refractivity contribution in [1.82, 2.24) is 14.7 Å². The highest BCUT2D eigenvalue weighted by Gasteiger charge is 2.35. The van der Waals surface area contributed by atoms with E-state index >= 15 is 0 Å². The highest BCUT2D eigenvalue weighted by molar-refractivity contribution is 6.20. The summed E-state index contributed by atoms with van der Waals surface area (Å²) in [7, 11) is 0. The Kier molecular flexibility index (Phi) is 8.03. The minimum atomic E-state index is -0.609. The molecule has 0 atom stereocenters. The lowest BCUT2D eigenvalue weighted by Gasteiger charge is -2.26. The number of aromatic nitrogens is 2. The summed E-state index contributed by atoms with van der Waals surface area (Å²) >= 11 is 0. The summed E-state index contributed by atoms with van der Waals surface area (Å²) in [6, 6.07) is 17.5. The first-order chi connectivity index (χ1) is 18.4. The number of nitrogens with zero attached hydrogens (tertiary/aromatic N) is 4. The molecule has 0 fully saturated rings. The number of hydrogen-bond acceptors (Lipinski definition) is 5. The highest BCUT2D eigenvalue weighted by atomic mass is 16.5. The van der Waals surface area contributed by atoms with E-state index in [0.29, 0.717) is 23.4 Å². The van der Waals surface area contributed by atoms with Gasteiger partial charge >= 0.3 is 0 Å². The van der Waals surface area contributed by atoms with E-state index in [1.165, 1.54) is 6.08 Å². The van der Waals surface area contributed by atoms with Gasteiger partial charge < -0.3 is 4.74 Å². The molecule has 38 heavy (non-hydrogen) atoms. The van der Waals surface area contributed by atoms with E-state index in [4.69, 9.17) is 9.84 Å². The fourth-order valence-corrected chi connectivity index (χ4v) is 4.32. The molecule has 0 saturated carbocycles. The monoisotopic (exact) mass is 506 g/mol. The molecule has 4 rings (SSSR count). The van der Waals surface area contributed by atoms with E-state index in [1.54, 1.807) is 17.7 Å². The van der Waals surface area contributed by atoms with Crippen LogP contribution < -0.4 is 4.74 Å². The lowest BCUT2D eigenvalue weighted by molar-refractivity contribution is -0.139. The molecule has 1 aliphatic heterocycles. The van der Waals surface area contributed by atoms with Crippen LogP contribution in [0, 0.1) is 18.3 Å². The van der Waals surface area contributed by atoms with Gasteiger partial charge in [0.15, 0.2) is 0 Å². The Morgan fingerprint density at radius 2 is 1.87 bits per heavy atom. The second kappa shape index (κ2) is 11.6. The smallest absolute Gasteiger partial charge is 0.271 e. The number of unbranched alkanes of at least 4 members (excludes halogenated alkanes) is 1. The molecule has 0 spiro atoms. The molecule has 0 aliphatic carbocycles. The number of ether oxygens (including phenoxy) is 1. The molecule has 7 heteroatoms. The topological polar surface area (TPSA) is 88.2 Å². The number of aryl methyl sites for hydroxylation is 1. The van der Waals surface area contributed by atoms with Gasteiger partial charge in [-0.1, -0.05) is 37.6 Å². The summed E-state index contributed by atoms with van der Waals surface area (Å²) in [6.07, 6.45) is 7.07. The first kappa shape index (κ1) is 26.4. The molecule has 2 heterocycles. The zero-order valence-electron chi connectivity index (χ0n) is 21.9. The number of amides is 2. The first-order valence-corrected chi connectivity index (χ1v) is 12.6. The van der Waals surface area contributed by atoms with E-state index in [0.717, 1.165) is 40.3 Å². The summed E-state index contributed by atoms with van der Waals surface area (Å²) in [6.45, 7) is 10.1. The van der Waals surface area contributed by atoms with E-state index in [1.807, 2.05) is 67.7 Å².